The van der Waals surface area contributed by atoms with Gasteiger partial charge in [-0.25, -0.2) is 0 Å². The van der Waals surface area contributed by atoms with Crippen LogP contribution < -0.4 is 10.2 Å². The molecule has 1 amide bonds. The molecule has 2 saturated heterocycles. The van der Waals surface area contributed by atoms with Gasteiger partial charge in [0.15, 0.2) is 5.78 Å². The number of carbonyl (C=O) groups excluding carboxylic acids is 2. The van der Waals surface area contributed by atoms with Crippen molar-refractivity contribution in [3.8, 4) is 6.07 Å². The van der Waals surface area contributed by atoms with Gasteiger partial charge in [-0.15, -0.1) is 0 Å². The number of aryl methyl sites for hydroxylation is 1. The van der Waals surface area contributed by atoms with Gasteiger partial charge in [-0.3, -0.25) is 9.59 Å². The van der Waals surface area contributed by atoms with E-state index in [1.165, 1.54) is 0 Å². The first kappa shape index (κ1) is 24.7. The van der Waals surface area contributed by atoms with E-state index in [1.54, 1.807) is 6.07 Å². The molecule has 2 aliphatic heterocycles. The number of nitriles is 1. The standard InChI is InChI=1S/C30H33N5O3/c1-4-19-14-21-22(15-25(19)34-8-10-35(11-9-34)29(37)24-17-38-12-7-32-24)30(2,3)28-26(27(21)36)20-6-5-18(16-31)13-23(20)33-28/h5-6,13-15,24,32-33H,4,7-12,17H2,1-3H3. The largest absolute Gasteiger partial charge is 0.378 e. The van der Waals surface area contributed by atoms with Crippen LogP contribution in [0, 0.1) is 11.3 Å². The molecule has 0 spiro atoms. The Bertz CT molecular complexity index is 1480. The first-order valence-electron chi connectivity index (χ1n) is 13.5. The smallest absolute Gasteiger partial charge is 0.242 e. The van der Waals surface area contributed by atoms with Crippen molar-refractivity contribution in [1.82, 2.24) is 15.2 Å². The number of carbonyl (C=O) groups is 2. The first-order valence-corrected chi connectivity index (χ1v) is 13.5. The molecule has 1 aromatic heterocycles. The van der Waals surface area contributed by atoms with Crippen LogP contribution >= 0.6 is 0 Å². The Morgan fingerprint density at radius 3 is 2.66 bits per heavy atom. The normalized spacial score (nSPS) is 20.7. The second-order valence-corrected chi connectivity index (χ2v) is 11.0. The Morgan fingerprint density at radius 2 is 1.97 bits per heavy atom. The zero-order valence-corrected chi connectivity index (χ0v) is 22.2. The summed E-state index contributed by atoms with van der Waals surface area (Å²) in [4.78, 5) is 34.6. The van der Waals surface area contributed by atoms with E-state index < -0.39 is 5.41 Å². The maximum absolute atomic E-state index is 13.9. The number of hydrogen-bond acceptors (Lipinski definition) is 6. The number of H-pyrrole nitrogens is 1. The van der Waals surface area contributed by atoms with Crippen molar-refractivity contribution in [1.29, 1.82) is 5.26 Å². The van der Waals surface area contributed by atoms with E-state index in [1.807, 2.05) is 17.0 Å². The Hall–Kier alpha value is -3.67. The van der Waals surface area contributed by atoms with Gasteiger partial charge in [-0.1, -0.05) is 26.8 Å². The number of nitrogens with one attached hydrogen (secondary N) is 2. The summed E-state index contributed by atoms with van der Waals surface area (Å²) in [6.45, 7) is 11.0. The molecule has 1 atom stereocenters. The molecular weight excluding hydrogens is 478 g/mol. The van der Waals surface area contributed by atoms with Gasteiger partial charge in [-0.05, 0) is 41.8 Å². The molecule has 6 rings (SSSR count). The highest BCUT2D eigenvalue weighted by molar-refractivity contribution is 6.20. The fourth-order valence-electron chi connectivity index (χ4n) is 6.27. The van der Waals surface area contributed by atoms with E-state index in [2.05, 4.69) is 54.2 Å². The number of aromatic amines is 1. The molecule has 8 nitrogen and oxygen atoms in total. The summed E-state index contributed by atoms with van der Waals surface area (Å²) in [6, 6.07) is 11.7. The minimum absolute atomic E-state index is 0.0316. The Labute approximate surface area is 222 Å². The molecule has 1 unspecified atom stereocenters. The molecular formula is C30H33N5O3. The van der Waals surface area contributed by atoms with Gasteiger partial charge in [0, 0.05) is 66.0 Å². The summed E-state index contributed by atoms with van der Waals surface area (Å²) in [5.41, 5.74) is 6.63. The Morgan fingerprint density at radius 1 is 1.18 bits per heavy atom. The molecule has 0 bridgehead atoms. The molecule has 38 heavy (non-hydrogen) atoms. The number of amides is 1. The van der Waals surface area contributed by atoms with Crippen LogP contribution in [0.3, 0.4) is 0 Å². The van der Waals surface area contributed by atoms with Crippen LogP contribution in [-0.4, -0.2) is 73.6 Å². The summed E-state index contributed by atoms with van der Waals surface area (Å²) < 4.78 is 5.49. The number of anilines is 1. The van der Waals surface area contributed by atoms with Crippen molar-refractivity contribution < 1.29 is 14.3 Å². The Balaban J connectivity index is 1.33. The fourth-order valence-corrected chi connectivity index (χ4v) is 6.27. The highest BCUT2D eigenvalue weighted by Gasteiger charge is 2.41. The van der Waals surface area contributed by atoms with Crippen molar-refractivity contribution in [2.24, 2.45) is 0 Å². The number of fused-ring (bicyclic) bond motifs is 4. The number of morpholine rings is 1. The molecule has 196 valence electrons. The van der Waals surface area contributed by atoms with Crippen molar-refractivity contribution in [3.05, 3.63) is 63.8 Å². The average molecular weight is 512 g/mol. The lowest BCUT2D eigenvalue weighted by Crippen LogP contribution is -2.57. The van der Waals surface area contributed by atoms with E-state index >= 15 is 0 Å². The molecule has 0 saturated carbocycles. The average Bonchev–Trinajstić information content (AvgIpc) is 3.36. The number of ether oxygens (including phenoxy) is 1. The van der Waals surface area contributed by atoms with Gasteiger partial charge < -0.3 is 24.8 Å². The summed E-state index contributed by atoms with van der Waals surface area (Å²) >= 11 is 0. The van der Waals surface area contributed by atoms with Crippen LogP contribution in [0.5, 0.6) is 0 Å². The van der Waals surface area contributed by atoms with Crippen LogP contribution in [0.15, 0.2) is 30.3 Å². The van der Waals surface area contributed by atoms with Crippen LogP contribution in [-0.2, 0) is 21.4 Å². The predicted octanol–water partition coefficient (Wildman–Crippen LogP) is 3.11. The van der Waals surface area contributed by atoms with Crippen molar-refractivity contribution >= 4 is 28.3 Å². The zero-order chi connectivity index (χ0) is 26.6. The number of aromatic nitrogens is 1. The molecule has 3 aromatic rings. The topological polar surface area (TPSA) is 101 Å². The third kappa shape index (κ3) is 3.80. The Kier molecular flexibility index (Phi) is 6.01. The van der Waals surface area contributed by atoms with E-state index in [0.717, 1.165) is 58.5 Å². The van der Waals surface area contributed by atoms with Crippen molar-refractivity contribution in [2.45, 2.75) is 38.6 Å². The van der Waals surface area contributed by atoms with E-state index in [9.17, 15) is 14.9 Å². The van der Waals surface area contributed by atoms with E-state index in [4.69, 9.17) is 4.74 Å². The van der Waals surface area contributed by atoms with Crippen molar-refractivity contribution in [3.63, 3.8) is 0 Å². The van der Waals surface area contributed by atoms with Gasteiger partial charge in [0.25, 0.3) is 0 Å². The molecule has 0 radical (unpaired) electrons. The number of hydrogen-bond donors (Lipinski definition) is 2. The lowest BCUT2D eigenvalue weighted by molar-refractivity contribution is -0.136. The SMILES string of the molecule is CCc1cc2c(cc1N1CCN(C(=O)C3COCCN3)CC1)C(C)(C)c1[nH]c3cc(C#N)ccc3c1C2=O. The monoisotopic (exact) mass is 511 g/mol. The molecule has 1 aliphatic carbocycles. The van der Waals surface area contributed by atoms with Crippen LogP contribution in [0.1, 0.15) is 59.1 Å². The third-order valence-electron chi connectivity index (χ3n) is 8.45. The first-order chi connectivity index (χ1) is 18.3. The third-order valence-corrected chi connectivity index (χ3v) is 8.45. The minimum atomic E-state index is -0.421. The van der Waals surface area contributed by atoms with Gasteiger partial charge >= 0.3 is 0 Å². The van der Waals surface area contributed by atoms with Crippen LogP contribution in [0.2, 0.25) is 0 Å². The zero-order valence-electron chi connectivity index (χ0n) is 22.2. The molecule has 2 fully saturated rings. The number of rotatable bonds is 3. The summed E-state index contributed by atoms with van der Waals surface area (Å²) in [5.74, 6) is 0.146. The minimum Gasteiger partial charge on any atom is -0.378 e. The van der Waals surface area contributed by atoms with Crippen LogP contribution in [0.4, 0.5) is 5.69 Å². The fraction of sp³-hybridized carbons (Fsp3) is 0.433. The van der Waals surface area contributed by atoms with E-state index in [0.29, 0.717) is 44.0 Å². The number of nitrogens with zero attached hydrogens (tertiary/aromatic N) is 3. The quantitative estimate of drug-likeness (QED) is 0.560. The lowest BCUT2D eigenvalue weighted by Gasteiger charge is -2.40. The van der Waals surface area contributed by atoms with Gasteiger partial charge in [0.05, 0.1) is 30.4 Å². The van der Waals surface area contributed by atoms with Gasteiger partial charge in [-0.2, -0.15) is 5.26 Å². The second kappa shape index (κ2) is 9.26. The predicted molar refractivity (Wildman–Crippen MR) is 146 cm³/mol. The highest BCUT2D eigenvalue weighted by Crippen LogP contribution is 2.45. The molecule has 8 heteroatoms. The lowest BCUT2D eigenvalue weighted by atomic mass is 9.70. The number of ketones is 1. The summed E-state index contributed by atoms with van der Waals surface area (Å²) in [7, 11) is 0. The number of benzene rings is 2. The van der Waals surface area contributed by atoms with E-state index in [-0.39, 0.29) is 17.7 Å². The maximum atomic E-state index is 13.9. The van der Waals surface area contributed by atoms with Crippen molar-refractivity contribution in [2.75, 3.05) is 50.8 Å². The molecule has 3 aliphatic rings. The highest BCUT2D eigenvalue weighted by atomic mass is 16.5. The number of piperazine rings is 1. The molecule has 2 N–H and O–H groups in total. The summed E-state index contributed by atoms with van der Waals surface area (Å²) in [6.07, 6.45) is 0.811. The second-order valence-electron chi connectivity index (χ2n) is 11.0. The molecule has 2 aromatic carbocycles. The van der Waals surface area contributed by atoms with Gasteiger partial charge in [0.1, 0.15) is 6.04 Å². The molecule has 3 heterocycles. The summed E-state index contributed by atoms with van der Waals surface area (Å²) in [5, 5.41) is 13.5. The maximum Gasteiger partial charge on any atom is 0.242 e. The van der Waals surface area contributed by atoms with Crippen LogP contribution in [0.25, 0.3) is 10.9 Å². The van der Waals surface area contributed by atoms with Gasteiger partial charge in [0.2, 0.25) is 5.91 Å².